The largest absolute Gasteiger partial charge is 0.339 e. The first-order valence-electron chi connectivity index (χ1n) is 7.52. The van der Waals surface area contributed by atoms with Gasteiger partial charge in [0.15, 0.2) is 0 Å². The highest BCUT2D eigenvalue weighted by atomic mass is 16.5. The third-order valence-corrected chi connectivity index (χ3v) is 3.84. The summed E-state index contributed by atoms with van der Waals surface area (Å²) in [4.78, 5) is 6.63. The molecule has 114 valence electrons. The van der Waals surface area contributed by atoms with Gasteiger partial charge in [0.25, 0.3) is 5.95 Å². The molecule has 21 heavy (non-hydrogen) atoms. The fourth-order valence-corrected chi connectivity index (χ4v) is 2.56. The van der Waals surface area contributed by atoms with Crippen molar-refractivity contribution in [3.8, 4) is 0 Å². The van der Waals surface area contributed by atoms with E-state index in [9.17, 15) is 0 Å². The number of hydrogen-bond acceptors (Lipinski definition) is 5. The van der Waals surface area contributed by atoms with Gasteiger partial charge in [-0.15, -0.1) is 0 Å². The Balaban J connectivity index is 2.20. The molecule has 2 atom stereocenters. The van der Waals surface area contributed by atoms with Gasteiger partial charge in [0, 0.05) is 19.1 Å². The molecule has 0 fully saturated rings. The van der Waals surface area contributed by atoms with Crippen molar-refractivity contribution < 1.29 is 4.52 Å². The van der Waals surface area contributed by atoms with Gasteiger partial charge >= 0.3 is 0 Å². The number of nitrogens with one attached hydrogen (secondary N) is 1. The summed E-state index contributed by atoms with van der Waals surface area (Å²) in [5.74, 6) is 1.44. The van der Waals surface area contributed by atoms with E-state index >= 15 is 0 Å². The molecular formula is C16H24N4O. The maximum atomic E-state index is 5.47. The van der Waals surface area contributed by atoms with Crippen molar-refractivity contribution in [3.05, 3.63) is 41.8 Å². The maximum Gasteiger partial charge on any atom is 0.266 e. The Morgan fingerprint density at radius 1 is 1.19 bits per heavy atom. The predicted octanol–water partition coefficient (Wildman–Crippen LogP) is 2.98. The molecule has 0 bridgehead atoms. The quantitative estimate of drug-likeness (QED) is 0.849. The van der Waals surface area contributed by atoms with Crippen LogP contribution in [0.25, 0.3) is 0 Å². The Hall–Kier alpha value is -1.88. The van der Waals surface area contributed by atoms with Gasteiger partial charge in [-0.3, -0.25) is 0 Å². The van der Waals surface area contributed by atoms with E-state index in [4.69, 9.17) is 4.52 Å². The Morgan fingerprint density at radius 2 is 1.86 bits per heavy atom. The molecule has 1 N–H and O–H groups in total. The van der Waals surface area contributed by atoms with Crippen molar-refractivity contribution in [3.63, 3.8) is 0 Å². The first-order valence-corrected chi connectivity index (χ1v) is 7.52. The normalized spacial score (nSPS) is 13.9. The zero-order valence-corrected chi connectivity index (χ0v) is 13.2. The van der Waals surface area contributed by atoms with Crippen LogP contribution in [0.3, 0.4) is 0 Å². The lowest BCUT2D eigenvalue weighted by atomic mass is 9.94. The van der Waals surface area contributed by atoms with Gasteiger partial charge < -0.3 is 14.7 Å². The fraction of sp³-hybridized carbons (Fsp3) is 0.500. The molecule has 2 unspecified atom stereocenters. The number of rotatable bonds is 7. The SMILES string of the molecule is CCN(CC)c1noc(C(C)C(NC)c2ccccc2)n1. The highest BCUT2D eigenvalue weighted by Gasteiger charge is 2.25. The van der Waals surface area contributed by atoms with Crippen LogP contribution in [0.2, 0.25) is 0 Å². The van der Waals surface area contributed by atoms with Crippen LogP contribution < -0.4 is 10.2 Å². The van der Waals surface area contributed by atoms with Gasteiger partial charge in [0.05, 0.1) is 5.92 Å². The van der Waals surface area contributed by atoms with Crippen LogP contribution in [0.15, 0.2) is 34.9 Å². The Morgan fingerprint density at radius 3 is 2.43 bits per heavy atom. The Bertz CT molecular complexity index is 536. The first-order chi connectivity index (χ1) is 10.2. The molecule has 0 amide bonds. The fourth-order valence-electron chi connectivity index (χ4n) is 2.56. The molecule has 5 nitrogen and oxygen atoms in total. The zero-order valence-electron chi connectivity index (χ0n) is 13.2. The van der Waals surface area contributed by atoms with Gasteiger partial charge in [-0.05, 0) is 31.6 Å². The van der Waals surface area contributed by atoms with Gasteiger partial charge in [-0.2, -0.15) is 4.98 Å². The summed E-state index contributed by atoms with van der Waals surface area (Å²) in [7, 11) is 1.95. The van der Waals surface area contributed by atoms with Crippen LogP contribution in [0.4, 0.5) is 5.95 Å². The Kier molecular flexibility index (Phi) is 5.33. The molecule has 2 rings (SSSR count). The van der Waals surface area contributed by atoms with Gasteiger partial charge in [0.1, 0.15) is 0 Å². The molecule has 5 heteroatoms. The van der Waals surface area contributed by atoms with Crippen LogP contribution in [-0.2, 0) is 0 Å². The number of benzene rings is 1. The highest BCUT2D eigenvalue weighted by molar-refractivity contribution is 5.28. The second kappa shape index (κ2) is 7.22. The number of nitrogens with zero attached hydrogens (tertiary/aromatic N) is 3. The van der Waals surface area contributed by atoms with Crippen molar-refractivity contribution >= 4 is 5.95 Å². The third-order valence-electron chi connectivity index (χ3n) is 3.84. The molecule has 0 aliphatic rings. The van der Waals surface area contributed by atoms with Crippen LogP contribution >= 0.6 is 0 Å². The molecule has 1 aromatic heterocycles. The second-order valence-electron chi connectivity index (χ2n) is 5.07. The average Bonchev–Trinajstić information content (AvgIpc) is 3.00. The second-order valence-corrected chi connectivity index (χ2v) is 5.07. The van der Waals surface area contributed by atoms with Crippen molar-refractivity contribution in [2.45, 2.75) is 32.7 Å². The minimum absolute atomic E-state index is 0.106. The summed E-state index contributed by atoms with van der Waals surface area (Å²) in [6.07, 6.45) is 0. The van der Waals surface area contributed by atoms with E-state index in [0.717, 1.165) is 13.1 Å². The lowest BCUT2D eigenvalue weighted by Gasteiger charge is -2.21. The van der Waals surface area contributed by atoms with E-state index in [1.807, 2.05) is 25.2 Å². The zero-order chi connectivity index (χ0) is 15.2. The van der Waals surface area contributed by atoms with E-state index < -0.39 is 0 Å². The molecule has 1 heterocycles. The molecule has 1 aromatic carbocycles. The monoisotopic (exact) mass is 288 g/mol. The van der Waals surface area contributed by atoms with Gasteiger partial charge in [-0.25, -0.2) is 0 Å². The lowest BCUT2D eigenvalue weighted by Crippen LogP contribution is -2.24. The van der Waals surface area contributed by atoms with E-state index in [-0.39, 0.29) is 12.0 Å². The Labute approximate surface area is 126 Å². The third kappa shape index (κ3) is 3.42. The topological polar surface area (TPSA) is 54.2 Å². The van der Waals surface area contributed by atoms with Crippen molar-refractivity contribution in [2.75, 3.05) is 25.0 Å². The van der Waals surface area contributed by atoms with Gasteiger partial charge in [0.2, 0.25) is 5.89 Å². The number of hydrogen-bond donors (Lipinski definition) is 1. The maximum absolute atomic E-state index is 5.47. The molecule has 0 aliphatic heterocycles. The van der Waals surface area contributed by atoms with E-state index in [1.165, 1.54) is 5.56 Å². The smallest absolute Gasteiger partial charge is 0.266 e. The number of anilines is 1. The van der Waals surface area contributed by atoms with Crippen molar-refractivity contribution in [1.29, 1.82) is 0 Å². The minimum atomic E-state index is 0.106. The van der Waals surface area contributed by atoms with E-state index in [1.54, 1.807) is 0 Å². The van der Waals surface area contributed by atoms with Crippen LogP contribution in [0, 0.1) is 0 Å². The summed E-state index contributed by atoms with van der Waals surface area (Å²) in [6.45, 7) is 8.02. The molecule has 0 saturated heterocycles. The predicted molar refractivity (Wildman–Crippen MR) is 84.5 cm³/mol. The highest BCUT2D eigenvalue weighted by Crippen LogP contribution is 2.30. The molecule has 0 saturated carbocycles. The summed E-state index contributed by atoms with van der Waals surface area (Å²) in [6, 6.07) is 10.5. The standard InChI is InChI=1S/C16H24N4O/c1-5-20(6-2)16-18-15(21-19-16)12(3)14(17-4)13-10-8-7-9-11-13/h7-12,14,17H,5-6H2,1-4H3. The van der Waals surface area contributed by atoms with Crippen LogP contribution in [0.1, 0.15) is 44.2 Å². The summed E-state index contributed by atoms with van der Waals surface area (Å²) in [5.41, 5.74) is 1.22. The molecular weight excluding hydrogens is 264 g/mol. The number of aromatic nitrogens is 2. The number of likely N-dealkylation sites (N-methyl/N-ethyl adjacent to an activating group) is 1. The minimum Gasteiger partial charge on any atom is -0.339 e. The molecule has 0 spiro atoms. The summed E-state index contributed by atoms with van der Waals surface area (Å²) >= 11 is 0. The first kappa shape index (κ1) is 15.5. The van der Waals surface area contributed by atoms with Crippen LogP contribution in [-0.4, -0.2) is 30.3 Å². The van der Waals surface area contributed by atoms with Crippen molar-refractivity contribution in [1.82, 2.24) is 15.5 Å². The summed E-state index contributed by atoms with van der Waals surface area (Å²) < 4.78 is 5.47. The lowest BCUT2D eigenvalue weighted by molar-refractivity contribution is 0.331. The van der Waals surface area contributed by atoms with Crippen LogP contribution in [0.5, 0.6) is 0 Å². The average molecular weight is 288 g/mol. The molecule has 2 aromatic rings. The summed E-state index contributed by atoms with van der Waals surface area (Å²) in [5, 5.41) is 7.44. The van der Waals surface area contributed by atoms with Gasteiger partial charge in [-0.1, -0.05) is 37.3 Å². The molecule has 0 aliphatic carbocycles. The van der Waals surface area contributed by atoms with Crippen molar-refractivity contribution in [2.24, 2.45) is 0 Å². The van der Waals surface area contributed by atoms with E-state index in [2.05, 4.69) is 53.3 Å². The molecule has 0 radical (unpaired) electrons. The van der Waals surface area contributed by atoms with E-state index in [0.29, 0.717) is 11.8 Å².